The Labute approximate surface area is 733 Å². The molecule has 3 aliphatic carbocycles. The fourth-order valence-corrected chi connectivity index (χ4v) is 23.2. The van der Waals surface area contributed by atoms with E-state index in [1.165, 1.54) is 168 Å². The summed E-state index contributed by atoms with van der Waals surface area (Å²) >= 11 is 1.90. The quantitative estimate of drug-likeness (QED) is 0.170. The first-order chi connectivity index (χ1) is 63.5. The van der Waals surface area contributed by atoms with Crippen LogP contribution in [0, 0.1) is 0 Å². The topological polar surface area (TPSA) is 92.6 Å². The summed E-state index contributed by atoms with van der Waals surface area (Å²) < 4.78 is 22.6. The molecule has 128 heavy (non-hydrogen) atoms. The SMILES string of the molecule is c1ccc(-c2nc(-n3c4cccc5c4c4c6c(cccc6ccc43)-c3cc4c(cc3-5)oc3ccccc34)nc3ccccc23)cc1.c1ccc(-c2nc3ccccc3nc2-n2c3cccc4c3c3c5c(cccc5ccc32)-c2cc3c(cc2-4)oc2ccccc23)cc1.c1ccc(-n2c3cc4sc5ccccc5c4c4c3c3c5c(cccc5ccc32)-c2ccccc2-4)cc1. The first-order valence-electron chi connectivity index (χ1n) is 43.6. The third-order valence-electron chi connectivity index (χ3n) is 27.3. The van der Waals surface area contributed by atoms with Crippen LogP contribution in [-0.4, -0.2) is 33.6 Å². The lowest BCUT2D eigenvalue weighted by atomic mass is 9.91. The van der Waals surface area contributed by atoms with Crippen LogP contribution in [0.15, 0.2) is 403 Å². The Morgan fingerprint density at radius 2 is 0.641 bits per heavy atom. The summed E-state index contributed by atoms with van der Waals surface area (Å²) in [6.45, 7) is 0. The summed E-state index contributed by atoms with van der Waals surface area (Å²) in [4.78, 5) is 21.1. The van der Waals surface area contributed by atoms with Crippen molar-refractivity contribution in [3.05, 3.63) is 394 Å². The van der Waals surface area contributed by atoms with Gasteiger partial charge in [0, 0.05) is 102 Å². The average molecular weight is 1640 g/mol. The minimum absolute atomic E-state index is 0.667. The van der Waals surface area contributed by atoms with Crippen LogP contribution >= 0.6 is 11.3 Å². The lowest BCUT2D eigenvalue weighted by Gasteiger charge is -2.16. The number of hydrogen-bond acceptors (Lipinski definition) is 7. The third-order valence-corrected chi connectivity index (χ3v) is 28.5. The molecule has 28 aromatic rings. The van der Waals surface area contributed by atoms with Crippen LogP contribution < -0.4 is 0 Å². The molecule has 0 N–H and O–H groups in total. The van der Waals surface area contributed by atoms with Crippen molar-refractivity contribution >= 4 is 195 Å². The van der Waals surface area contributed by atoms with Gasteiger partial charge in [0.05, 0.1) is 55.3 Å². The highest BCUT2D eigenvalue weighted by Gasteiger charge is 2.33. The lowest BCUT2D eigenvalue weighted by Crippen LogP contribution is -2.03. The van der Waals surface area contributed by atoms with E-state index >= 15 is 0 Å². The zero-order valence-corrected chi connectivity index (χ0v) is 69.2. The zero-order chi connectivity index (χ0) is 83.2. The van der Waals surface area contributed by atoms with Crippen LogP contribution in [0.3, 0.4) is 0 Å². The van der Waals surface area contributed by atoms with Crippen molar-refractivity contribution in [2.45, 2.75) is 0 Å². The van der Waals surface area contributed by atoms with E-state index in [0.717, 1.165) is 116 Å². The molecular formula is C118H65N7O2S. The molecule has 8 heterocycles. The van der Waals surface area contributed by atoms with Gasteiger partial charge in [0.1, 0.15) is 28.0 Å². The number of rotatable bonds is 5. The van der Waals surface area contributed by atoms with Gasteiger partial charge < -0.3 is 13.4 Å². The number of fused-ring (bicyclic) bond motifs is 21. The number of nitrogens with zero attached hydrogens (tertiary/aromatic N) is 7. The van der Waals surface area contributed by atoms with Gasteiger partial charge in [-0.25, -0.2) is 19.9 Å². The number of hydrogen-bond donors (Lipinski definition) is 0. The standard InChI is InChI=1S/2C42H23N3O.C34H19NS/c1-2-10-25(11-3-1)41-42(44-33-17-6-5-16-32(33)43-41)45-34-18-9-15-28-30-23-37-31(26-13-4-7-19-36(26)46-37)22-29(30)27-14-8-12-24-20-21-35(45)40(38(24)27)39(28)34;1-2-10-25(11-3-1)41-29-14-4-6-17-33(29)43-42(44-41)45-34-18-9-16-28-31-23-37-32(26-13-5-7-19-36(26)46-37)22-30(31)27-15-8-12-24-20-21-35(45)40(38(24)27)39(28)34;1-2-10-21(11-3-1)35-26-18-17-20-9-8-15-23-22-12-4-5-13-24(22)32-31-25-14-6-7-16-28(25)36-29(31)19-27(35)34(32)33(26)30(20)23/h2*1-23H;1-19H. The molecule has 10 heteroatoms. The van der Waals surface area contributed by atoms with Gasteiger partial charge in [-0.1, -0.05) is 285 Å². The molecule has 8 aromatic heterocycles. The molecule has 0 unspecified atom stereocenters. The summed E-state index contributed by atoms with van der Waals surface area (Å²) in [7, 11) is 0. The van der Waals surface area contributed by atoms with E-state index in [-0.39, 0.29) is 0 Å². The molecule has 9 nitrogen and oxygen atoms in total. The van der Waals surface area contributed by atoms with E-state index in [4.69, 9.17) is 28.8 Å². The predicted octanol–water partition coefficient (Wildman–Crippen LogP) is 32.1. The van der Waals surface area contributed by atoms with E-state index in [1.54, 1.807) is 0 Å². The van der Waals surface area contributed by atoms with Crippen LogP contribution in [0.25, 0.3) is 290 Å². The van der Waals surface area contributed by atoms with Gasteiger partial charge in [-0.3, -0.25) is 9.13 Å². The summed E-state index contributed by atoms with van der Waals surface area (Å²) in [5.41, 5.74) is 33.3. The molecule has 0 fully saturated rings. The first-order valence-corrected chi connectivity index (χ1v) is 44.4. The second kappa shape index (κ2) is 26.3. The number of aromatic nitrogens is 7. The maximum Gasteiger partial charge on any atom is 0.235 e. The molecule has 20 aromatic carbocycles. The number of benzene rings is 20. The fraction of sp³-hybridized carbons (Fsp3) is 0. The van der Waals surface area contributed by atoms with Gasteiger partial charge in [0.2, 0.25) is 5.95 Å². The van der Waals surface area contributed by atoms with Crippen molar-refractivity contribution < 1.29 is 8.83 Å². The van der Waals surface area contributed by atoms with E-state index in [9.17, 15) is 0 Å². The molecule has 0 spiro atoms. The zero-order valence-electron chi connectivity index (χ0n) is 68.4. The second-order valence-corrected chi connectivity index (χ2v) is 35.1. The molecule has 0 atom stereocenters. The summed E-state index contributed by atoms with van der Waals surface area (Å²) in [5, 5.41) is 23.6. The number of para-hydroxylation sites is 6. The molecule has 0 bridgehead atoms. The Morgan fingerprint density at radius 1 is 0.211 bits per heavy atom. The van der Waals surface area contributed by atoms with Crippen molar-refractivity contribution in [3.63, 3.8) is 0 Å². The molecule has 0 saturated carbocycles. The Hall–Kier alpha value is -16.9. The Bertz CT molecular complexity index is 9800. The van der Waals surface area contributed by atoms with E-state index in [0.29, 0.717) is 5.95 Å². The van der Waals surface area contributed by atoms with Gasteiger partial charge >= 0.3 is 0 Å². The maximum atomic E-state index is 6.44. The number of furan rings is 2. The van der Waals surface area contributed by atoms with Gasteiger partial charge in [0.25, 0.3) is 0 Å². The van der Waals surface area contributed by atoms with Crippen molar-refractivity contribution in [2.75, 3.05) is 0 Å². The minimum Gasteiger partial charge on any atom is -0.456 e. The number of thiophene rings is 1. The molecule has 31 rings (SSSR count). The highest BCUT2D eigenvalue weighted by Crippen LogP contribution is 2.58. The van der Waals surface area contributed by atoms with E-state index < -0.39 is 0 Å². The molecule has 0 radical (unpaired) electrons. The first kappa shape index (κ1) is 69.6. The monoisotopic (exact) mass is 1640 g/mol. The average Bonchev–Trinajstić information content (AvgIpc) is 1.56. The van der Waals surface area contributed by atoms with Gasteiger partial charge in [-0.15, -0.1) is 11.3 Å². The maximum absolute atomic E-state index is 6.44. The van der Waals surface area contributed by atoms with Gasteiger partial charge in [0.15, 0.2) is 5.82 Å². The highest BCUT2D eigenvalue weighted by atomic mass is 32.1. The van der Waals surface area contributed by atoms with E-state index in [2.05, 4.69) is 347 Å². The van der Waals surface area contributed by atoms with Crippen molar-refractivity contribution in [3.8, 4) is 107 Å². The van der Waals surface area contributed by atoms with Crippen LogP contribution in [0.2, 0.25) is 0 Å². The molecule has 3 aliphatic rings. The van der Waals surface area contributed by atoms with Crippen molar-refractivity contribution in [1.82, 2.24) is 33.6 Å². The van der Waals surface area contributed by atoms with Crippen LogP contribution in [0.1, 0.15) is 0 Å². The second-order valence-electron chi connectivity index (χ2n) is 34.0. The normalized spacial score (nSPS) is 12.4. The molecule has 0 aliphatic heterocycles. The molecule has 0 saturated heterocycles. The highest BCUT2D eigenvalue weighted by molar-refractivity contribution is 7.26. The Morgan fingerprint density at radius 3 is 1.24 bits per heavy atom. The fourth-order valence-electron chi connectivity index (χ4n) is 22.1. The summed E-state index contributed by atoms with van der Waals surface area (Å²) in [6.07, 6.45) is 0. The van der Waals surface area contributed by atoms with Crippen LogP contribution in [0.4, 0.5) is 0 Å². The predicted molar refractivity (Wildman–Crippen MR) is 533 cm³/mol. The van der Waals surface area contributed by atoms with Crippen LogP contribution in [0.5, 0.6) is 0 Å². The minimum atomic E-state index is 0.667. The Kier molecular flexibility index (Phi) is 14.3. The van der Waals surface area contributed by atoms with Crippen molar-refractivity contribution in [2.24, 2.45) is 0 Å². The lowest BCUT2D eigenvalue weighted by molar-refractivity contribution is 0.668. The van der Waals surface area contributed by atoms with Crippen LogP contribution in [-0.2, 0) is 0 Å². The molecule has 590 valence electrons. The third kappa shape index (κ3) is 9.72. The van der Waals surface area contributed by atoms with Gasteiger partial charge in [-0.05, 0) is 203 Å². The smallest absolute Gasteiger partial charge is 0.235 e. The summed E-state index contributed by atoms with van der Waals surface area (Å²) in [5.74, 6) is 1.49. The van der Waals surface area contributed by atoms with Gasteiger partial charge in [-0.2, -0.15) is 0 Å². The largest absolute Gasteiger partial charge is 0.456 e. The van der Waals surface area contributed by atoms with E-state index in [1.807, 2.05) is 72.0 Å². The molecule has 0 amide bonds. The summed E-state index contributed by atoms with van der Waals surface area (Å²) in [6, 6.07) is 141. The van der Waals surface area contributed by atoms with Crippen molar-refractivity contribution in [1.29, 1.82) is 0 Å². The Balaban J connectivity index is 0.0000000959. The molecular weight excluding hydrogens is 1580 g/mol.